The van der Waals surface area contributed by atoms with Crippen LogP contribution in [0, 0.1) is 6.92 Å². The third-order valence-corrected chi connectivity index (χ3v) is 5.43. The van der Waals surface area contributed by atoms with Gasteiger partial charge >= 0.3 is 0 Å². The second kappa shape index (κ2) is 7.73. The minimum Gasteiger partial charge on any atom is -0.419 e. The summed E-state index contributed by atoms with van der Waals surface area (Å²) in [4.78, 5) is 4.84. The highest BCUT2D eigenvalue weighted by Crippen LogP contribution is 2.36. The first-order valence-electron chi connectivity index (χ1n) is 9.30. The molecule has 0 radical (unpaired) electrons. The van der Waals surface area contributed by atoms with Crippen molar-refractivity contribution in [2.24, 2.45) is 0 Å². The molecule has 0 atom stereocenters. The molecule has 0 saturated heterocycles. The van der Waals surface area contributed by atoms with Crippen LogP contribution in [0.3, 0.4) is 0 Å². The molecule has 0 spiro atoms. The van der Waals surface area contributed by atoms with Gasteiger partial charge in [0.2, 0.25) is 5.89 Å². The van der Waals surface area contributed by atoms with E-state index in [2.05, 4.69) is 10.2 Å². The maximum atomic E-state index is 6.51. The summed E-state index contributed by atoms with van der Waals surface area (Å²) in [6.07, 6.45) is 0. The Morgan fingerprint density at radius 2 is 1.57 bits per heavy atom. The van der Waals surface area contributed by atoms with Crippen LogP contribution in [-0.2, 0) is 5.41 Å². The lowest BCUT2D eigenvalue weighted by Crippen LogP contribution is -2.11. The second-order valence-corrected chi connectivity index (χ2v) is 9.25. The van der Waals surface area contributed by atoms with Crippen molar-refractivity contribution in [3.05, 3.63) is 69.1 Å². The molecule has 2 aromatic carbocycles. The summed E-state index contributed by atoms with van der Waals surface area (Å²) >= 11 is 18.7. The van der Waals surface area contributed by atoms with Crippen molar-refractivity contribution in [3.8, 4) is 28.7 Å². The fourth-order valence-electron chi connectivity index (χ4n) is 3.08. The number of aromatic nitrogens is 4. The zero-order chi connectivity index (χ0) is 21.6. The molecule has 4 rings (SSSR count). The molecule has 2 aromatic heterocycles. The zero-order valence-electron chi connectivity index (χ0n) is 16.9. The van der Waals surface area contributed by atoms with Crippen LogP contribution in [0.15, 0.2) is 46.9 Å². The summed E-state index contributed by atoms with van der Waals surface area (Å²) in [6.45, 7) is 8.00. The molecule has 0 amide bonds. The molecule has 0 bridgehead atoms. The van der Waals surface area contributed by atoms with Gasteiger partial charge < -0.3 is 4.42 Å². The van der Waals surface area contributed by atoms with Gasteiger partial charge in [0.1, 0.15) is 11.5 Å². The molecule has 2 heterocycles. The van der Waals surface area contributed by atoms with Crippen LogP contribution in [0.25, 0.3) is 28.7 Å². The highest BCUT2D eigenvalue weighted by atomic mass is 35.5. The van der Waals surface area contributed by atoms with Crippen molar-refractivity contribution in [1.82, 2.24) is 19.7 Å². The lowest BCUT2D eigenvalue weighted by molar-refractivity contribution is 0.398. The van der Waals surface area contributed by atoms with E-state index < -0.39 is 0 Å². The lowest BCUT2D eigenvalue weighted by Gasteiger charge is -2.12. The van der Waals surface area contributed by atoms with Gasteiger partial charge in [0, 0.05) is 26.7 Å². The quantitative estimate of drug-likeness (QED) is 0.325. The molecule has 5 nitrogen and oxygen atoms in total. The third kappa shape index (κ3) is 3.85. The average Bonchev–Trinajstić information content (AvgIpc) is 3.28. The minimum atomic E-state index is -0.264. The first-order valence-corrected chi connectivity index (χ1v) is 10.4. The van der Waals surface area contributed by atoms with Gasteiger partial charge in [-0.25, -0.2) is 4.98 Å². The van der Waals surface area contributed by atoms with Gasteiger partial charge in [-0.1, -0.05) is 55.6 Å². The standard InChI is InChI=1S/C22H19Cl3N4O/c1-12-18(20-27-28-21(30-20)22(2,3)4)26-19(16-10-7-14(24)11-17(16)25)29(12)15-8-5-13(23)6-9-15/h5-11H,1-4H3. The Balaban J connectivity index is 1.95. The summed E-state index contributed by atoms with van der Waals surface area (Å²) in [5, 5.41) is 10.1. The van der Waals surface area contributed by atoms with Crippen molar-refractivity contribution in [1.29, 1.82) is 0 Å². The third-order valence-electron chi connectivity index (χ3n) is 4.63. The SMILES string of the molecule is Cc1c(-c2nnc(C(C)(C)C)o2)nc(-c2ccc(Cl)cc2Cl)n1-c1ccc(Cl)cc1. The van der Waals surface area contributed by atoms with E-state index in [9.17, 15) is 0 Å². The predicted octanol–water partition coefficient (Wildman–Crippen LogP) is 7.16. The Morgan fingerprint density at radius 1 is 0.900 bits per heavy atom. The summed E-state index contributed by atoms with van der Waals surface area (Å²) in [5.74, 6) is 1.54. The first-order chi connectivity index (χ1) is 14.1. The van der Waals surface area contributed by atoms with Gasteiger partial charge in [-0.2, -0.15) is 0 Å². The monoisotopic (exact) mass is 460 g/mol. The Morgan fingerprint density at radius 3 is 2.17 bits per heavy atom. The Bertz CT molecular complexity index is 1220. The van der Waals surface area contributed by atoms with E-state index in [1.165, 1.54) is 0 Å². The van der Waals surface area contributed by atoms with E-state index in [0.29, 0.717) is 38.4 Å². The Hall–Kier alpha value is -2.34. The van der Waals surface area contributed by atoms with Crippen molar-refractivity contribution in [3.63, 3.8) is 0 Å². The zero-order valence-corrected chi connectivity index (χ0v) is 19.1. The van der Waals surface area contributed by atoms with Crippen LogP contribution in [0.1, 0.15) is 32.4 Å². The molecule has 0 unspecified atom stereocenters. The topological polar surface area (TPSA) is 56.7 Å². The van der Waals surface area contributed by atoms with Crippen LogP contribution in [0.5, 0.6) is 0 Å². The Labute approximate surface area is 189 Å². The lowest BCUT2D eigenvalue weighted by atomic mass is 9.97. The van der Waals surface area contributed by atoms with Crippen molar-refractivity contribution in [2.75, 3.05) is 0 Å². The Kier molecular flexibility index (Phi) is 5.39. The van der Waals surface area contributed by atoms with Crippen molar-refractivity contribution < 1.29 is 4.42 Å². The average molecular weight is 462 g/mol. The van der Waals surface area contributed by atoms with Crippen molar-refractivity contribution in [2.45, 2.75) is 33.1 Å². The predicted molar refractivity (Wildman–Crippen MR) is 121 cm³/mol. The summed E-state index contributed by atoms with van der Waals surface area (Å²) in [7, 11) is 0. The second-order valence-electron chi connectivity index (χ2n) is 7.97. The first kappa shape index (κ1) is 20.9. The molecule has 0 aliphatic rings. The van der Waals surface area contributed by atoms with E-state index in [1.807, 2.05) is 62.6 Å². The van der Waals surface area contributed by atoms with Crippen LogP contribution < -0.4 is 0 Å². The summed E-state index contributed by atoms with van der Waals surface area (Å²) in [5.41, 5.74) is 2.78. The number of imidazole rings is 1. The van der Waals surface area contributed by atoms with Gasteiger partial charge in [0.25, 0.3) is 5.89 Å². The fourth-order valence-corrected chi connectivity index (χ4v) is 3.70. The number of nitrogens with zero attached hydrogens (tertiary/aromatic N) is 4. The maximum absolute atomic E-state index is 6.51. The van der Waals surface area contributed by atoms with E-state index in [0.717, 1.165) is 16.9 Å². The molecule has 0 aliphatic carbocycles. The molecule has 0 saturated carbocycles. The van der Waals surface area contributed by atoms with Gasteiger partial charge in [-0.15, -0.1) is 10.2 Å². The highest BCUT2D eigenvalue weighted by Gasteiger charge is 2.26. The molecule has 0 fully saturated rings. The van der Waals surface area contributed by atoms with E-state index in [-0.39, 0.29) is 5.41 Å². The van der Waals surface area contributed by atoms with Crippen LogP contribution in [-0.4, -0.2) is 19.7 Å². The molecule has 8 heteroatoms. The molecule has 4 aromatic rings. The van der Waals surface area contributed by atoms with Crippen LogP contribution in [0.2, 0.25) is 15.1 Å². The number of rotatable bonds is 3. The van der Waals surface area contributed by atoms with E-state index in [1.54, 1.807) is 12.1 Å². The normalized spacial score (nSPS) is 11.8. The molecule has 0 N–H and O–H groups in total. The van der Waals surface area contributed by atoms with Crippen LogP contribution >= 0.6 is 34.8 Å². The van der Waals surface area contributed by atoms with Gasteiger partial charge in [-0.05, 0) is 49.4 Å². The van der Waals surface area contributed by atoms with E-state index in [4.69, 9.17) is 44.2 Å². The largest absolute Gasteiger partial charge is 0.419 e. The summed E-state index contributed by atoms with van der Waals surface area (Å²) < 4.78 is 7.94. The molecule has 154 valence electrons. The smallest absolute Gasteiger partial charge is 0.268 e. The molecular formula is C22H19Cl3N4O. The number of benzene rings is 2. The summed E-state index contributed by atoms with van der Waals surface area (Å²) in [6, 6.07) is 12.8. The van der Waals surface area contributed by atoms with Gasteiger partial charge in [0.05, 0.1) is 10.7 Å². The van der Waals surface area contributed by atoms with Gasteiger partial charge in [-0.3, -0.25) is 4.57 Å². The fraction of sp³-hybridized carbons (Fsp3) is 0.227. The molecule has 30 heavy (non-hydrogen) atoms. The van der Waals surface area contributed by atoms with Crippen molar-refractivity contribution >= 4 is 34.8 Å². The maximum Gasteiger partial charge on any atom is 0.268 e. The van der Waals surface area contributed by atoms with Crippen LogP contribution in [0.4, 0.5) is 0 Å². The minimum absolute atomic E-state index is 0.264. The number of hydrogen-bond donors (Lipinski definition) is 0. The van der Waals surface area contributed by atoms with Gasteiger partial charge in [0.15, 0.2) is 0 Å². The molecule has 0 aliphatic heterocycles. The number of halogens is 3. The molecular weight excluding hydrogens is 443 g/mol. The highest BCUT2D eigenvalue weighted by molar-refractivity contribution is 6.36. The van der Waals surface area contributed by atoms with E-state index >= 15 is 0 Å². The number of hydrogen-bond acceptors (Lipinski definition) is 4.